The summed E-state index contributed by atoms with van der Waals surface area (Å²) in [5.74, 6) is 1.41. The number of aliphatic hydroxyl groups is 2. The number of thioether (sulfide) groups is 2. The van der Waals surface area contributed by atoms with Crippen LogP contribution < -0.4 is 0 Å². The Hall–Kier alpha value is 0.420. The number of hydrogen-bond donors (Lipinski definition) is 2. The summed E-state index contributed by atoms with van der Waals surface area (Å²) in [5.41, 5.74) is 1.84. The molecule has 16 heavy (non-hydrogen) atoms. The third kappa shape index (κ3) is 4.02. The second-order valence-electron chi connectivity index (χ2n) is 2.97. The van der Waals surface area contributed by atoms with Gasteiger partial charge in [-0.15, -0.1) is 23.5 Å². The van der Waals surface area contributed by atoms with Gasteiger partial charge in [-0.1, -0.05) is 35.3 Å². The zero-order valence-electron chi connectivity index (χ0n) is 8.45. The Bertz CT molecular complexity index is 315. The first-order valence-electron chi connectivity index (χ1n) is 4.53. The maximum Gasteiger partial charge on any atom is 0.0889 e. The molecule has 0 spiro atoms. The van der Waals surface area contributed by atoms with Gasteiger partial charge in [0.15, 0.2) is 0 Å². The molecule has 0 amide bonds. The van der Waals surface area contributed by atoms with E-state index in [1.165, 1.54) is 23.5 Å². The molecule has 0 aromatic heterocycles. The van der Waals surface area contributed by atoms with E-state index in [-0.39, 0.29) is 11.9 Å². The zero-order chi connectivity index (χ0) is 12.0. The second kappa shape index (κ2) is 7.69. The third-order valence-corrected chi connectivity index (χ3v) is 4.30. The molecule has 6 heteroatoms. The maximum absolute atomic E-state index is 8.71. The van der Waals surface area contributed by atoms with E-state index in [0.29, 0.717) is 21.6 Å². The van der Waals surface area contributed by atoms with E-state index < -0.39 is 0 Å². The molecule has 1 rings (SSSR count). The molecule has 0 heterocycles. The number of rotatable bonds is 6. The van der Waals surface area contributed by atoms with Gasteiger partial charge in [-0.25, -0.2) is 0 Å². The average molecular weight is 299 g/mol. The summed E-state index contributed by atoms with van der Waals surface area (Å²) in [6.45, 7) is 0. The summed E-state index contributed by atoms with van der Waals surface area (Å²) in [7, 11) is 0. The standard InChI is InChI=1S/C10H12Cl2O2S2/c11-9-7(3-15-5-13)1-2-8(10(9)12)4-16-6-14/h1-2,13-14H,3-6H2. The highest BCUT2D eigenvalue weighted by Crippen LogP contribution is 2.33. The Morgan fingerprint density at radius 3 is 1.56 bits per heavy atom. The van der Waals surface area contributed by atoms with E-state index in [4.69, 9.17) is 33.4 Å². The average Bonchev–Trinajstić information content (AvgIpc) is 2.30. The van der Waals surface area contributed by atoms with E-state index in [9.17, 15) is 0 Å². The van der Waals surface area contributed by atoms with Crippen molar-refractivity contribution in [2.75, 3.05) is 11.9 Å². The van der Waals surface area contributed by atoms with E-state index in [2.05, 4.69) is 0 Å². The van der Waals surface area contributed by atoms with Crippen molar-refractivity contribution in [3.05, 3.63) is 33.3 Å². The molecule has 0 aliphatic carbocycles. The zero-order valence-corrected chi connectivity index (χ0v) is 11.6. The summed E-state index contributed by atoms with van der Waals surface area (Å²) in [6.07, 6.45) is 0. The lowest BCUT2D eigenvalue weighted by Gasteiger charge is -2.09. The first-order chi connectivity index (χ1) is 7.70. The van der Waals surface area contributed by atoms with E-state index in [1.54, 1.807) is 0 Å². The molecule has 0 saturated heterocycles. The van der Waals surface area contributed by atoms with Crippen molar-refractivity contribution < 1.29 is 10.2 Å². The van der Waals surface area contributed by atoms with Crippen LogP contribution in [0.15, 0.2) is 12.1 Å². The van der Waals surface area contributed by atoms with Crippen LogP contribution in [0, 0.1) is 0 Å². The van der Waals surface area contributed by atoms with Crippen LogP contribution in [0.2, 0.25) is 10.0 Å². The van der Waals surface area contributed by atoms with Gasteiger partial charge in [-0.2, -0.15) is 0 Å². The van der Waals surface area contributed by atoms with Crippen LogP contribution in [-0.4, -0.2) is 22.1 Å². The van der Waals surface area contributed by atoms with Gasteiger partial charge in [0.05, 0.1) is 21.9 Å². The predicted octanol–water partition coefficient (Wildman–Crippen LogP) is 3.36. The van der Waals surface area contributed by atoms with Crippen LogP contribution in [-0.2, 0) is 11.5 Å². The molecule has 0 bridgehead atoms. The quantitative estimate of drug-likeness (QED) is 0.790. The van der Waals surface area contributed by atoms with Gasteiger partial charge in [0.25, 0.3) is 0 Å². The lowest BCUT2D eigenvalue weighted by molar-refractivity contribution is 0.375. The fraction of sp³-hybridized carbons (Fsp3) is 0.400. The fourth-order valence-corrected chi connectivity index (χ4v) is 2.93. The molecular weight excluding hydrogens is 287 g/mol. The molecule has 1 aromatic rings. The normalized spacial score (nSPS) is 10.8. The van der Waals surface area contributed by atoms with Crippen molar-refractivity contribution in [1.29, 1.82) is 0 Å². The highest BCUT2D eigenvalue weighted by atomic mass is 35.5. The Balaban J connectivity index is 2.81. The summed E-state index contributed by atoms with van der Waals surface area (Å²) < 4.78 is 0. The van der Waals surface area contributed by atoms with Crippen molar-refractivity contribution >= 4 is 46.7 Å². The second-order valence-corrected chi connectivity index (χ2v) is 5.63. The molecular formula is C10H12Cl2O2S2. The Labute approximate surface area is 113 Å². The van der Waals surface area contributed by atoms with E-state index in [1.807, 2.05) is 12.1 Å². The maximum atomic E-state index is 8.71. The Kier molecular flexibility index (Phi) is 6.96. The highest BCUT2D eigenvalue weighted by Gasteiger charge is 2.09. The number of hydrogen-bond acceptors (Lipinski definition) is 4. The van der Waals surface area contributed by atoms with Gasteiger partial charge in [0.2, 0.25) is 0 Å². The summed E-state index contributed by atoms with van der Waals surface area (Å²) in [4.78, 5) is 0. The summed E-state index contributed by atoms with van der Waals surface area (Å²) in [5, 5.41) is 18.5. The molecule has 0 saturated carbocycles. The van der Waals surface area contributed by atoms with Crippen LogP contribution in [0.5, 0.6) is 0 Å². The molecule has 0 aliphatic heterocycles. The minimum absolute atomic E-state index is 0.0655. The van der Waals surface area contributed by atoms with Crippen LogP contribution in [0.4, 0.5) is 0 Å². The van der Waals surface area contributed by atoms with Crippen LogP contribution in [0.25, 0.3) is 0 Å². The fourth-order valence-electron chi connectivity index (χ4n) is 1.16. The Morgan fingerprint density at radius 1 is 0.875 bits per heavy atom. The number of benzene rings is 1. The van der Waals surface area contributed by atoms with Crippen molar-refractivity contribution in [1.82, 2.24) is 0 Å². The molecule has 1 aromatic carbocycles. The molecule has 0 aliphatic rings. The van der Waals surface area contributed by atoms with Crippen molar-refractivity contribution in [3.8, 4) is 0 Å². The summed E-state index contributed by atoms with van der Waals surface area (Å²) in [6, 6.07) is 3.81. The van der Waals surface area contributed by atoms with Gasteiger partial charge in [0, 0.05) is 11.5 Å². The largest absolute Gasteiger partial charge is 0.386 e. The highest BCUT2D eigenvalue weighted by molar-refractivity contribution is 7.98. The minimum atomic E-state index is 0.0655. The minimum Gasteiger partial charge on any atom is -0.386 e. The molecule has 2 nitrogen and oxygen atoms in total. The van der Waals surface area contributed by atoms with Crippen molar-refractivity contribution in [2.24, 2.45) is 0 Å². The molecule has 90 valence electrons. The molecule has 0 fully saturated rings. The SMILES string of the molecule is OCSCc1ccc(CSCO)c(Cl)c1Cl. The predicted molar refractivity (Wildman–Crippen MR) is 73.2 cm³/mol. The van der Waals surface area contributed by atoms with Gasteiger partial charge in [-0.3, -0.25) is 0 Å². The van der Waals surface area contributed by atoms with E-state index >= 15 is 0 Å². The van der Waals surface area contributed by atoms with Crippen molar-refractivity contribution in [2.45, 2.75) is 11.5 Å². The van der Waals surface area contributed by atoms with Crippen molar-refractivity contribution in [3.63, 3.8) is 0 Å². The van der Waals surface area contributed by atoms with Gasteiger partial charge in [-0.05, 0) is 11.1 Å². The summed E-state index contributed by atoms with van der Waals surface area (Å²) >= 11 is 15.0. The first-order valence-corrected chi connectivity index (χ1v) is 7.60. The third-order valence-electron chi connectivity index (χ3n) is 1.94. The number of halogens is 2. The molecule has 0 atom stereocenters. The smallest absolute Gasteiger partial charge is 0.0889 e. The van der Waals surface area contributed by atoms with E-state index in [0.717, 1.165) is 11.1 Å². The van der Waals surface area contributed by atoms with Crippen LogP contribution >= 0.6 is 46.7 Å². The number of aliphatic hydroxyl groups excluding tert-OH is 2. The van der Waals surface area contributed by atoms with Gasteiger partial charge in [0.1, 0.15) is 0 Å². The lowest BCUT2D eigenvalue weighted by atomic mass is 10.2. The topological polar surface area (TPSA) is 40.5 Å². The lowest BCUT2D eigenvalue weighted by Crippen LogP contribution is -1.90. The van der Waals surface area contributed by atoms with Crippen LogP contribution in [0.3, 0.4) is 0 Å². The van der Waals surface area contributed by atoms with Gasteiger partial charge >= 0.3 is 0 Å². The Morgan fingerprint density at radius 2 is 1.25 bits per heavy atom. The molecule has 0 unspecified atom stereocenters. The monoisotopic (exact) mass is 298 g/mol. The molecule has 2 N–H and O–H groups in total. The molecule has 0 radical (unpaired) electrons. The first kappa shape index (κ1) is 14.5. The van der Waals surface area contributed by atoms with Gasteiger partial charge < -0.3 is 10.2 Å². The van der Waals surface area contributed by atoms with Crippen LogP contribution in [0.1, 0.15) is 11.1 Å².